The number of carbonyl (C=O) groups excluding carboxylic acids is 1. The Hall–Kier alpha value is -2.86. The summed E-state index contributed by atoms with van der Waals surface area (Å²) in [4.78, 5) is 15.7. The average molecular weight is 450 g/mol. The molecule has 1 saturated carbocycles. The molecule has 0 radical (unpaired) electrons. The van der Waals surface area contributed by atoms with Crippen LogP contribution in [0.2, 0.25) is 0 Å². The van der Waals surface area contributed by atoms with Gasteiger partial charge in [-0.2, -0.15) is 5.10 Å². The molecule has 176 valence electrons. The van der Waals surface area contributed by atoms with E-state index in [9.17, 15) is 4.79 Å². The average Bonchev–Trinajstić information content (AvgIpc) is 3.31. The molecule has 1 atom stereocenters. The summed E-state index contributed by atoms with van der Waals surface area (Å²) in [5.41, 5.74) is 2.87. The molecule has 0 bridgehead atoms. The number of likely N-dealkylation sites (N-methyl/N-ethyl adjacent to an activating group) is 1. The van der Waals surface area contributed by atoms with E-state index in [-0.39, 0.29) is 11.9 Å². The molecule has 1 aliphatic carbocycles. The topological polar surface area (TPSA) is 54.4 Å². The van der Waals surface area contributed by atoms with Crippen molar-refractivity contribution in [3.8, 4) is 11.5 Å². The minimum atomic E-state index is -0.146. The lowest BCUT2D eigenvalue weighted by Crippen LogP contribution is -2.41. The maximum atomic E-state index is 13.5. The van der Waals surface area contributed by atoms with Gasteiger partial charge in [0, 0.05) is 18.0 Å². The Morgan fingerprint density at radius 1 is 1.09 bits per heavy atom. The van der Waals surface area contributed by atoms with Crippen LogP contribution in [0.3, 0.4) is 0 Å². The third-order valence-electron chi connectivity index (χ3n) is 6.74. The summed E-state index contributed by atoms with van der Waals surface area (Å²) in [7, 11) is 3.74. The zero-order valence-corrected chi connectivity index (χ0v) is 20.0. The van der Waals surface area contributed by atoms with E-state index in [0.29, 0.717) is 25.6 Å². The summed E-state index contributed by atoms with van der Waals surface area (Å²) >= 11 is 0. The van der Waals surface area contributed by atoms with E-state index in [2.05, 4.69) is 11.9 Å². The molecule has 2 aromatic carbocycles. The first-order valence-corrected chi connectivity index (χ1v) is 12.1. The highest BCUT2D eigenvalue weighted by Crippen LogP contribution is 2.36. The molecule has 1 aliphatic heterocycles. The molecule has 33 heavy (non-hydrogen) atoms. The summed E-state index contributed by atoms with van der Waals surface area (Å²) in [5.74, 6) is 1.64. The van der Waals surface area contributed by atoms with E-state index < -0.39 is 0 Å². The number of nitrogens with zero attached hydrogens (tertiary/aromatic N) is 3. The van der Waals surface area contributed by atoms with Gasteiger partial charge in [-0.3, -0.25) is 9.69 Å². The van der Waals surface area contributed by atoms with Crippen LogP contribution in [-0.4, -0.2) is 54.9 Å². The third-order valence-corrected chi connectivity index (χ3v) is 6.74. The van der Waals surface area contributed by atoms with Gasteiger partial charge in [0.25, 0.3) is 5.91 Å². The minimum Gasteiger partial charge on any atom is -0.496 e. The molecule has 4 rings (SSSR count). The van der Waals surface area contributed by atoms with Gasteiger partial charge in [0.05, 0.1) is 32.0 Å². The van der Waals surface area contributed by atoms with Gasteiger partial charge in [-0.25, -0.2) is 5.01 Å². The van der Waals surface area contributed by atoms with E-state index in [1.165, 1.54) is 32.1 Å². The predicted octanol–water partition coefficient (Wildman–Crippen LogP) is 5.04. The molecule has 0 N–H and O–H groups in total. The second-order valence-electron chi connectivity index (χ2n) is 8.91. The van der Waals surface area contributed by atoms with E-state index in [1.807, 2.05) is 55.5 Å². The van der Waals surface area contributed by atoms with Crippen LogP contribution in [-0.2, 0) is 4.79 Å². The van der Waals surface area contributed by atoms with Crippen molar-refractivity contribution >= 4 is 11.6 Å². The second-order valence-corrected chi connectivity index (χ2v) is 8.91. The molecular formula is C27H35N3O3. The second kappa shape index (κ2) is 10.8. The van der Waals surface area contributed by atoms with E-state index >= 15 is 0 Å². The molecule has 0 saturated heterocycles. The number of carbonyl (C=O) groups is 1. The highest BCUT2D eigenvalue weighted by molar-refractivity contribution is 6.05. The Balaban J connectivity index is 1.59. The quantitative estimate of drug-likeness (QED) is 0.567. The number of hydrogen-bond donors (Lipinski definition) is 0. The zero-order chi connectivity index (χ0) is 23.2. The standard InChI is InChI=1S/C27H35N3O3/c1-4-33-22-16-14-20(15-17-22)25-18-24(23-12-8-9-13-26(23)32-3)28-30(25)27(31)19-29(2)21-10-6-5-7-11-21/h8-9,12-17,21,25H,4-7,10-11,18-19H2,1-3H3. The lowest BCUT2D eigenvalue weighted by Gasteiger charge is -2.32. The number of rotatable bonds is 8. The molecule has 6 nitrogen and oxygen atoms in total. The first kappa shape index (κ1) is 23.3. The van der Waals surface area contributed by atoms with Gasteiger partial charge < -0.3 is 9.47 Å². The van der Waals surface area contributed by atoms with Gasteiger partial charge >= 0.3 is 0 Å². The number of amides is 1. The van der Waals surface area contributed by atoms with Crippen LogP contribution in [0.5, 0.6) is 11.5 Å². The summed E-state index contributed by atoms with van der Waals surface area (Å²) in [6, 6.07) is 16.2. The molecule has 0 spiro atoms. The van der Waals surface area contributed by atoms with Gasteiger partial charge in [-0.15, -0.1) is 0 Å². The van der Waals surface area contributed by atoms with Gasteiger partial charge in [0.2, 0.25) is 0 Å². The maximum Gasteiger partial charge on any atom is 0.257 e. The lowest BCUT2D eigenvalue weighted by atomic mass is 9.94. The fourth-order valence-electron chi connectivity index (χ4n) is 4.94. The van der Waals surface area contributed by atoms with E-state index in [0.717, 1.165) is 28.3 Å². The van der Waals surface area contributed by atoms with Crippen molar-refractivity contribution in [1.29, 1.82) is 0 Å². The van der Waals surface area contributed by atoms with Gasteiger partial charge in [0.15, 0.2) is 0 Å². The van der Waals surface area contributed by atoms with E-state index in [1.54, 1.807) is 12.1 Å². The summed E-state index contributed by atoms with van der Waals surface area (Å²) in [5, 5.41) is 6.54. The zero-order valence-electron chi connectivity index (χ0n) is 20.0. The van der Waals surface area contributed by atoms with Crippen molar-refractivity contribution in [2.24, 2.45) is 5.10 Å². The van der Waals surface area contributed by atoms with Crippen LogP contribution >= 0.6 is 0 Å². The molecule has 1 heterocycles. The monoisotopic (exact) mass is 449 g/mol. The Labute approximate surface area is 197 Å². The van der Waals surface area contributed by atoms with E-state index in [4.69, 9.17) is 14.6 Å². The molecule has 1 amide bonds. The van der Waals surface area contributed by atoms with Crippen molar-refractivity contribution in [2.75, 3.05) is 27.3 Å². The van der Waals surface area contributed by atoms with Crippen molar-refractivity contribution in [2.45, 2.75) is 57.5 Å². The largest absolute Gasteiger partial charge is 0.496 e. The first-order chi connectivity index (χ1) is 16.1. The Bertz CT molecular complexity index is 967. The highest BCUT2D eigenvalue weighted by Gasteiger charge is 2.35. The van der Waals surface area contributed by atoms with Crippen molar-refractivity contribution in [3.63, 3.8) is 0 Å². The van der Waals surface area contributed by atoms with Crippen molar-refractivity contribution < 1.29 is 14.3 Å². The minimum absolute atomic E-state index is 0.0341. The van der Waals surface area contributed by atoms with Crippen LogP contribution in [0.15, 0.2) is 53.6 Å². The molecule has 1 fully saturated rings. The fourth-order valence-corrected chi connectivity index (χ4v) is 4.94. The number of hydrazone groups is 1. The number of ether oxygens (including phenoxy) is 2. The lowest BCUT2D eigenvalue weighted by molar-refractivity contribution is -0.134. The predicted molar refractivity (Wildman–Crippen MR) is 131 cm³/mol. The van der Waals surface area contributed by atoms with Gasteiger partial charge in [-0.1, -0.05) is 43.5 Å². The number of para-hydroxylation sites is 1. The van der Waals surface area contributed by atoms with Crippen molar-refractivity contribution in [3.05, 3.63) is 59.7 Å². The fraction of sp³-hybridized carbons (Fsp3) is 0.481. The van der Waals surface area contributed by atoms with Crippen LogP contribution in [0.25, 0.3) is 0 Å². The SMILES string of the molecule is CCOc1ccc(C2CC(c3ccccc3OC)=NN2C(=O)CN(C)C2CCCCC2)cc1. The smallest absolute Gasteiger partial charge is 0.257 e. The van der Waals surface area contributed by atoms with Gasteiger partial charge in [-0.05, 0) is 56.6 Å². The Morgan fingerprint density at radius 2 is 1.82 bits per heavy atom. The first-order valence-electron chi connectivity index (χ1n) is 12.1. The van der Waals surface area contributed by atoms with Crippen LogP contribution in [0.4, 0.5) is 0 Å². The molecule has 0 aromatic heterocycles. The summed E-state index contributed by atoms with van der Waals surface area (Å²) in [6.45, 7) is 2.98. The molecule has 2 aromatic rings. The molecule has 2 aliphatic rings. The molecule has 6 heteroatoms. The number of benzene rings is 2. The van der Waals surface area contributed by atoms with Gasteiger partial charge in [0.1, 0.15) is 11.5 Å². The third kappa shape index (κ3) is 5.38. The molecule has 1 unspecified atom stereocenters. The Morgan fingerprint density at radius 3 is 2.52 bits per heavy atom. The normalized spacial score (nSPS) is 19.0. The van der Waals surface area contributed by atoms with Crippen LogP contribution in [0, 0.1) is 0 Å². The summed E-state index contributed by atoms with van der Waals surface area (Å²) < 4.78 is 11.2. The molecular weight excluding hydrogens is 414 g/mol. The highest BCUT2D eigenvalue weighted by atomic mass is 16.5. The number of hydrogen-bond acceptors (Lipinski definition) is 5. The Kier molecular flexibility index (Phi) is 7.65. The van der Waals surface area contributed by atoms with Crippen LogP contribution in [0.1, 0.15) is 62.6 Å². The van der Waals surface area contributed by atoms with Crippen molar-refractivity contribution in [1.82, 2.24) is 9.91 Å². The maximum absolute atomic E-state index is 13.5. The van der Waals surface area contributed by atoms with Crippen LogP contribution < -0.4 is 9.47 Å². The number of methoxy groups -OCH3 is 1. The summed E-state index contributed by atoms with van der Waals surface area (Å²) in [6.07, 6.45) is 6.78.